The van der Waals surface area contributed by atoms with Crippen molar-refractivity contribution >= 4 is 17.4 Å². The molecule has 1 N–H and O–H groups in total. The summed E-state index contributed by atoms with van der Waals surface area (Å²) in [4.78, 5) is 20.5. The molecule has 2 heterocycles. The molecule has 2 aromatic rings. The number of urea groups is 1. The maximum Gasteiger partial charge on any atom is 0.318 e. The third-order valence-electron chi connectivity index (χ3n) is 5.38. The fourth-order valence-corrected chi connectivity index (χ4v) is 4.87. The summed E-state index contributed by atoms with van der Waals surface area (Å²) in [6, 6.07) is 3.97. The summed E-state index contributed by atoms with van der Waals surface area (Å²) in [5, 5.41) is 4.13. The zero-order valence-electron chi connectivity index (χ0n) is 15.6. The molecule has 0 fully saturated rings. The van der Waals surface area contributed by atoms with E-state index in [2.05, 4.69) is 31.3 Å². The van der Waals surface area contributed by atoms with E-state index in [0.29, 0.717) is 13.2 Å². The summed E-state index contributed by atoms with van der Waals surface area (Å²) in [6.07, 6.45) is 4.70. The second-order valence-electron chi connectivity index (χ2n) is 7.28. The topological polar surface area (TPSA) is 54.5 Å². The van der Waals surface area contributed by atoms with Crippen molar-refractivity contribution in [1.29, 1.82) is 0 Å². The summed E-state index contributed by atoms with van der Waals surface area (Å²) in [5.41, 5.74) is 4.68. The monoisotopic (exact) mass is 371 g/mol. The number of fused-ring (bicyclic) bond motifs is 2. The van der Waals surface area contributed by atoms with E-state index in [-0.39, 0.29) is 12.1 Å². The van der Waals surface area contributed by atoms with Gasteiger partial charge in [0.2, 0.25) is 0 Å². The Morgan fingerprint density at radius 3 is 2.96 bits per heavy atom. The summed E-state index contributed by atoms with van der Waals surface area (Å²) in [7, 11) is 1.83. The lowest BCUT2D eigenvalue weighted by Gasteiger charge is -2.19. The first-order valence-corrected chi connectivity index (χ1v) is 10.1. The molecule has 1 aromatic heterocycles. The van der Waals surface area contributed by atoms with Gasteiger partial charge in [-0.05, 0) is 50.7 Å². The first kappa shape index (κ1) is 17.3. The van der Waals surface area contributed by atoms with E-state index in [4.69, 9.17) is 9.72 Å². The van der Waals surface area contributed by atoms with Crippen LogP contribution in [0.1, 0.15) is 51.2 Å². The van der Waals surface area contributed by atoms with Crippen molar-refractivity contribution < 1.29 is 9.53 Å². The molecule has 1 aliphatic heterocycles. The van der Waals surface area contributed by atoms with Gasteiger partial charge < -0.3 is 15.0 Å². The summed E-state index contributed by atoms with van der Waals surface area (Å²) in [5.74, 6) is 0.922. The predicted molar refractivity (Wildman–Crippen MR) is 103 cm³/mol. The van der Waals surface area contributed by atoms with Gasteiger partial charge in [-0.25, -0.2) is 9.78 Å². The number of benzene rings is 1. The van der Waals surface area contributed by atoms with Crippen LogP contribution in [0.2, 0.25) is 0 Å². The van der Waals surface area contributed by atoms with Crippen molar-refractivity contribution in [2.75, 3.05) is 13.7 Å². The van der Waals surface area contributed by atoms with Crippen LogP contribution in [0.15, 0.2) is 12.1 Å². The van der Waals surface area contributed by atoms with Gasteiger partial charge in [0.25, 0.3) is 0 Å². The van der Waals surface area contributed by atoms with E-state index in [0.717, 1.165) is 34.7 Å². The molecule has 26 heavy (non-hydrogen) atoms. The highest BCUT2D eigenvalue weighted by Gasteiger charge is 2.28. The molecule has 0 radical (unpaired) electrons. The highest BCUT2D eigenvalue weighted by molar-refractivity contribution is 7.11. The number of carbonyl (C=O) groups is 1. The van der Waals surface area contributed by atoms with Crippen LogP contribution < -0.4 is 10.1 Å². The van der Waals surface area contributed by atoms with Crippen molar-refractivity contribution in [3.05, 3.63) is 44.4 Å². The van der Waals surface area contributed by atoms with Crippen LogP contribution in [0.3, 0.4) is 0 Å². The van der Waals surface area contributed by atoms with Crippen LogP contribution in [0.5, 0.6) is 5.75 Å². The minimum atomic E-state index is -0.0937. The number of nitrogens with one attached hydrogen (secondary N) is 1. The molecule has 0 spiro atoms. The molecule has 2 aliphatic rings. The Bertz CT molecular complexity index is 822. The third kappa shape index (κ3) is 3.18. The van der Waals surface area contributed by atoms with Crippen LogP contribution in [0, 0.1) is 13.8 Å². The number of thiazole rings is 1. The molecule has 1 unspecified atom stereocenters. The number of amides is 2. The fourth-order valence-electron chi connectivity index (χ4n) is 3.66. The van der Waals surface area contributed by atoms with Crippen LogP contribution >= 0.6 is 11.3 Å². The number of nitrogens with zero attached hydrogens (tertiary/aromatic N) is 2. The average Bonchev–Trinajstić information content (AvgIpc) is 3.21. The molecule has 0 saturated heterocycles. The molecule has 6 heteroatoms. The quantitative estimate of drug-likeness (QED) is 0.890. The van der Waals surface area contributed by atoms with E-state index in [9.17, 15) is 4.79 Å². The van der Waals surface area contributed by atoms with Crippen molar-refractivity contribution in [1.82, 2.24) is 15.2 Å². The summed E-state index contributed by atoms with van der Waals surface area (Å²) in [6.45, 7) is 5.18. The molecule has 1 aliphatic carbocycles. The van der Waals surface area contributed by atoms with Gasteiger partial charge in [0, 0.05) is 17.5 Å². The average molecular weight is 372 g/mol. The zero-order valence-corrected chi connectivity index (χ0v) is 16.4. The molecular formula is C20H25N3O2S. The number of rotatable bonds is 3. The Hall–Kier alpha value is -2.08. The predicted octanol–water partition coefficient (Wildman–Crippen LogP) is 3.91. The minimum absolute atomic E-state index is 0.0853. The van der Waals surface area contributed by atoms with Crippen LogP contribution in [0.25, 0.3) is 0 Å². The van der Waals surface area contributed by atoms with Gasteiger partial charge in [0.05, 0.1) is 18.3 Å². The SMILES string of the molecule is Cc1ccc2c(c1C)OCC2NC(=O)N(C)Cc1nc2c(s1)CCCC2. The fraction of sp³-hybridized carbons (Fsp3) is 0.500. The lowest BCUT2D eigenvalue weighted by molar-refractivity contribution is 0.199. The Morgan fingerprint density at radius 2 is 2.15 bits per heavy atom. The van der Waals surface area contributed by atoms with E-state index in [1.165, 1.54) is 29.0 Å². The Labute approximate surface area is 158 Å². The molecule has 4 rings (SSSR count). The van der Waals surface area contributed by atoms with Crippen LogP contribution in [-0.4, -0.2) is 29.6 Å². The van der Waals surface area contributed by atoms with Crippen LogP contribution in [0.4, 0.5) is 4.79 Å². The van der Waals surface area contributed by atoms with E-state index in [1.54, 1.807) is 16.2 Å². The smallest absolute Gasteiger partial charge is 0.318 e. The normalized spacial score (nSPS) is 18.0. The maximum absolute atomic E-state index is 12.6. The lowest BCUT2D eigenvalue weighted by Crippen LogP contribution is -2.39. The Balaban J connectivity index is 1.41. The standard InChI is InChI=1S/C20H25N3O2S/c1-12-8-9-14-16(11-25-19(14)13(12)2)22-20(24)23(3)10-18-21-15-6-4-5-7-17(15)26-18/h8-9,16H,4-7,10-11H2,1-3H3,(H,22,24). The Morgan fingerprint density at radius 1 is 1.35 bits per heavy atom. The largest absolute Gasteiger partial charge is 0.490 e. The first-order chi connectivity index (χ1) is 12.5. The van der Waals surface area contributed by atoms with E-state index >= 15 is 0 Å². The highest BCUT2D eigenvalue weighted by atomic mass is 32.1. The molecule has 138 valence electrons. The van der Waals surface area contributed by atoms with Gasteiger partial charge in [0.15, 0.2) is 0 Å². The molecule has 1 atom stereocenters. The minimum Gasteiger partial charge on any atom is -0.490 e. The van der Waals surface area contributed by atoms with E-state index < -0.39 is 0 Å². The summed E-state index contributed by atoms with van der Waals surface area (Å²) < 4.78 is 5.83. The number of aryl methyl sites for hydroxylation is 3. The maximum atomic E-state index is 12.6. The second-order valence-corrected chi connectivity index (χ2v) is 8.45. The van der Waals surface area contributed by atoms with Gasteiger partial charge in [-0.2, -0.15) is 0 Å². The van der Waals surface area contributed by atoms with Crippen LogP contribution in [-0.2, 0) is 19.4 Å². The molecule has 2 amide bonds. The molecule has 5 nitrogen and oxygen atoms in total. The molecule has 1 aromatic carbocycles. The van der Waals surface area contributed by atoms with Crippen molar-refractivity contribution in [3.63, 3.8) is 0 Å². The zero-order chi connectivity index (χ0) is 18.3. The van der Waals surface area contributed by atoms with Crippen molar-refractivity contribution in [2.45, 2.75) is 52.1 Å². The molecule has 0 bridgehead atoms. The second kappa shape index (κ2) is 6.91. The molecular weight excluding hydrogens is 346 g/mol. The number of hydrogen-bond acceptors (Lipinski definition) is 4. The van der Waals surface area contributed by atoms with Crippen molar-refractivity contribution in [2.24, 2.45) is 0 Å². The number of carbonyl (C=O) groups excluding carboxylic acids is 1. The van der Waals surface area contributed by atoms with Gasteiger partial charge in [0.1, 0.15) is 17.4 Å². The van der Waals surface area contributed by atoms with E-state index in [1.807, 2.05) is 7.05 Å². The Kier molecular flexibility index (Phi) is 4.61. The van der Waals surface area contributed by atoms with Gasteiger partial charge in [-0.1, -0.05) is 12.1 Å². The lowest BCUT2D eigenvalue weighted by atomic mass is 10.0. The number of aromatic nitrogens is 1. The number of ether oxygens (including phenoxy) is 1. The number of hydrogen-bond donors (Lipinski definition) is 1. The van der Waals surface area contributed by atoms with Gasteiger partial charge in [-0.3, -0.25) is 0 Å². The third-order valence-corrected chi connectivity index (χ3v) is 6.53. The summed E-state index contributed by atoms with van der Waals surface area (Å²) >= 11 is 1.76. The highest BCUT2D eigenvalue weighted by Crippen LogP contribution is 2.36. The van der Waals surface area contributed by atoms with Crippen molar-refractivity contribution in [3.8, 4) is 5.75 Å². The first-order valence-electron chi connectivity index (χ1n) is 9.25. The molecule has 0 saturated carbocycles. The van der Waals surface area contributed by atoms with Gasteiger partial charge in [-0.15, -0.1) is 11.3 Å². The van der Waals surface area contributed by atoms with Gasteiger partial charge >= 0.3 is 6.03 Å².